The fourth-order valence-electron chi connectivity index (χ4n) is 2.74. The van der Waals surface area contributed by atoms with Crippen LogP contribution in [0.5, 0.6) is 5.75 Å². The van der Waals surface area contributed by atoms with Crippen LogP contribution in [0.4, 0.5) is 10.5 Å². The molecule has 1 aliphatic heterocycles. The summed E-state index contributed by atoms with van der Waals surface area (Å²) >= 11 is 0. The number of anilines is 1. The molecule has 26 heavy (non-hydrogen) atoms. The summed E-state index contributed by atoms with van der Waals surface area (Å²) in [5.41, 5.74) is 2.06. The van der Waals surface area contributed by atoms with E-state index in [9.17, 15) is 9.59 Å². The van der Waals surface area contributed by atoms with Gasteiger partial charge in [0.1, 0.15) is 12.4 Å². The zero-order valence-corrected chi connectivity index (χ0v) is 14.7. The van der Waals surface area contributed by atoms with Gasteiger partial charge in [-0.1, -0.05) is 37.3 Å². The van der Waals surface area contributed by atoms with Gasteiger partial charge in [0.2, 0.25) is 0 Å². The lowest BCUT2D eigenvalue weighted by Crippen LogP contribution is -2.51. The van der Waals surface area contributed by atoms with Crippen LogP contribution in [0.15, 0.2) is 54.6 Å². The van der Waals surface area contributed by atoms with E-state index in [0.717, 1.165) is 12.1 Å². The van der Waals surface area contributed by atoms with Crippen LogP contribution in [-0.2, 0) is 16.0 Å². The van der Waals surface area contributed by atoms with Crippen molar-refractivity contribution in [2.45, 2.75) is 19.4 Å². The molecule has 1 aliphatic rings. The van der Waals surface area contributed by atoms with Crippen molar-refractivity contribution in [1.82, 2.24) is 5.32 Å². The van der Waals surface area contributed by atoms with Gasteiger partial charge in [-0.2, -0.15) is 0 Å². The first-order valence-electron chi connectivity index (χ1n) is 8.67. The second-order valence-corrected chi connectivity index (χ2v) is 6.04. The van der Waals surface area contributed by atoms with E-state index >= 15 is 0 Å². The number of benzene rings is 2. The van der Waals surface area contributed by atoms with E-state index < -0.39 is 6.09 Å². The van der Waals surface area contributed by atoms with Gasteiger partial charge >= 0.3 is 6.09 Å². The van der Waals surface area contributed by atoms with Gasteiger partial charge in [0.25, 0.3) is 5.91 Å². The molecule has 0 radical (unpaired) electrons. The highest BCUT2D eigenvalue weighted by molar-refractivity contribution is 5.95. The number of carbonyl (C=O) groups excluding carboxylic acids is 2. The lowest BCUT2D eigenvalue weighted by atomic mass is 10.1. The number of para-hydroxylation sites is 1. The maximum Gasteiger partial charge on any atom is 0.412 e. The van der Waals surface area contributed by atoms with Gasteiger partial charge in [-0.3, -0.25) is 4.79 Å². The number of hydrogen-bond acceptors (Lipinski definition) is 4. The number of rotatable bonds is 5. The molecule has 0 bridgehead atoms. The van der Waals surface area contributed by atoms with Crippen LogP contribution < -0.4 is 15.0 Å². The Morgan fingerprint density at radius 3 is 2.62 bits per heavy atom. The average molecular weight is 354 g/mol. The van der Waals surface area contributed by atoms with Crippen LogP contribution in [0.25, 0.3) is 0 Å². The third-order valence-electron chi connectivity index (χ3n) is 4.21. The SMILES string of the molecule is CCc1ccc(N2CC(CNC(=O)Oc3ccccc3)OCC2=O)cc1. The molecule has 2 aromatic rings. The molecular formula is C20H22N2O4. The molecule has 1 heterocycles. The molecule has 0 spiro atoms. The van der Waals surface area contributed by atoms with Gasteiger partial charge in [0.15, 0.2) is 0 Å². The molecule has 1 fully saturated rings. The third-order valence-corrected chi connectivity index (χ3v) is 4.21. The number of hydrogen-bond donors (Lipinski definition) is 1. The minimum atomic E-state index is -0.546. The standard InChI is InChI=1S/C20H22N2O4/c1-2-15-8-10-16(11-9-15)22-13-18(25-14-19(22)23)12-21-20(24)26-17-6-4-3-5-7-17/h3-11,18H,2,12-14H2,1H3,(H,21,24). The second-order valence-electron chi connectivity index (χ2n) is 6.04. The monoisotopic (exact) mass is 354 g/mol. The first-order valence-corrected chi connectivity index (χ1v) is 8.67. The van der Waals surface area contributed by atoms with E-state index in [0.29, 0.717) is 12.3 Å². The number of amides is 2. The van der Waals surface area contributed by atoms with E-state index in [1.54, 1.807) is 29.2 Å². The topological polar surface area (TPSA) is 67.9 Å². The van der Waals surface area contributed by atoms with Crippen molar-refractivity contribution in [3.05, 3.63) is 60.2 Å². The maximum atomic E-state index is 12.2. The van der Waals surface area contributed by atoms with Crippen molar-refractivity contribution in [2.24, 2.45) is 0 Å². The Balaban J connectivity index is 1.54. The lowest BCUT2D eigenvalue weighted by molar-refractivity contribution is -0.129. The van der Waals surface area contributed by atoms with Crippen molar-refractivity contribution in [1.29, 1.82) is 0 Å². The Labute approximate surface area is 152 Å². The predicted octanol–water partition coefficient (Wildman–Crippen LogP) is 2.77. The van der Waals surface area contributed by atoms with Crippen LogP contribution in [0.3, 0.4) is 0 Å². The summed E-state index contributed by atoms with van der Waals surface area (Å²) in [7, 11) is 0. The largest absolute Gasteiger partial charge is 0.412 e. The van der Waals surface area contributed by atoms with E-state index in [-0.39, 0.29) is 25.2 Å². The third kappa shape index (κ3) is 4.61. The van der Waals surface area contributed by atoms with Gasteiger partial charge in [0, 0.05) is 12.2 Å². The highest BCUT2D eigenvalue weighted by Gasteiger charge is 2.27. The van der Waals surface area contributed by atoms with Crippen LogP contribution in [0, 0.1) is 0 Å². The van der Waals surface area contributed by atoms with Crippen molar-refractivity contribution in [3.63, 3.8) is 0 Å². The highest BCUT2D eigenvalue weighted by Crippen LogP contribution is 2.19. The average Bonchev–Trinajstić information content (AvgIpc) is 2.68. The molecule has 0 aliphatic carbocycles. The molecule has 1 saturated heterocycles. The molecule has 1 unspecified atom stereocenters. The molecule has 3 rings (SSSR count). The normalized spacial score (nSPS) is 17.0. The zero-order chi connectivity index (χ0) is 18.4. The summed E-state index contributed by atoms with van der Waals surface area (Å²) in [6.45, 7) is 2.74. The van der Waals surface area contributed by atoms with E-state index in [1.165, 1.54) is 5.56 Å². The van der Waals surface area contributed by atoms with Gasteiger partial charge in [-0.25, -0.2) is 4.79 Å². The number of nitrogens with zero attached hydrogens (tertiary/aromatic N) is 1. The van der Waals surface area contributed by atoms with E-state index in [2.05, 4.69) is 12.2 Å². The van der Waals surface area contributed by atoms with E-state index in [1.807, 2.05) is 30.3 Å². The predicted molar refractivity (Wildman–Crippen MR) is 98.4 cm³/mol. The minimum absolute atomic E-state index is 0.00436. The highest BCUT2D eigenvalue weighted by atomic mass is 16.6. The zero-order valence-electron chi connectivity index (χ0n) is 14.7. The quantitative estimate of drug-likeness (QED) is 0.896. The molecule has 0 aromatic heterocycles. The fraction of sp³-hybridized carbons (Fsp3) is 0.300. The van der Waals surface area contributed by atoms with Gasteiger partial charge in [-0.05, 0) is 36.2 Å². The molecule has 2 aromatic carbocycles. The second kappa shape index (κ2) is 8.49. The number of nitrogens with one attached hydrogen (secondary N) is 1. The first kappa shape index (κ1) is 17.9. The van der Waals surface area contributed by atoms with Crippen LogP contribution in [-0.4, -0.2) is 37.8 Å². The van der Waals surface area contributed by atoms with E-state index in [4.69, 9.17) is 9.47 Å². The number of aryl methyl sites for hydroxylation is 1. The Kier molecular flexibility index (Phi) is 5.86. The van der Waals surface area contributed by atoms with Gasteiger partial charge in [-0.15, -0.1) is 0 Å². The molecule has 0 saturated carbocycles. The Hall–Kier alpha value is -2.86. The molecule has 136 valence electrons. The summed E-state index contributed by atoms with van der Waals surface area (Å²) in [6.07, 6.45) is 0.116. The number of carbonyl (C=O) groups is 2. The Morgan fingerprint density at radius 1 is 1.19 bits per heavy atom. The summed E-state index contributed by atoms with van der Waals surface area (Å²) in [5, 5.41) is 2.68. The molecule has 2 amide bonds. The van der Waals surface area contributed by atoms with Crippen molar-refractivity contribution in [2.75, 3.05) is 24.6 Å². The summed E-state index contributed by atoms with van der Waals surface area (Å²) in [5.74, 6) is 0.389. The smallest absolute Gasteiger partial charge is 0.410 e. The summed E-state index contributed by atoms with van der Waals surface area (Å²) in [4.78, 5) is 25.7. The van der Waals surface area contributed by atoms with Crippen molar-refractivity contribution >= 4 is 17.7 Å². The number of morpholine rings is 1. The minimum Gasteiger partial charge on any atom is -0.410 e. The summed E-state index contributed by atoms with van der Waals surface area (Å²) in [6, 6.07) is 16.8. The van der Waals surface area contributed by atoms with Gasteiger partial charge in [0.05, 0.1) is 12.6 Å². The summed E-state index contributed by atoms with van der Waals surface area (Å²) < 4.78 is 10.7. The lowest BCUT2D eigenvalue weighted by Gasteiger charge is -2.32. The molecule has 6 nitrogen and oxygen atoms in total. The van der Waals surface area contributed by atoms with Gasteiger partial charge < -0.3 is 19.7 Å². The maximum absolute atomic E-state index is 12.2. The van der Waals surface area contributed by atoms with Crippen molar-refractivity contribution in [3.8, 4) is 5.75 Å². The fourth-order valence-corrected chi connectivity index (χ4v) is 2.74. The van der Waals surface area contributed by atoms with Crippen LogP contribution >= 0.6 is 0 Å². The molecule has 1 atom stereocenters. The van der Waals surface area contributed by atoms with Crippen LogP contribution in [0.1, 0.15) is 12.5 Å². The molecular weight excluding hydrogens is 332 g/mol. The van der Waals surface area contributed by atoms with Crippen LogP contribution in [0.2, 0.25) is 0 Å². The van der Waals surface area contributed by atoms with Crippen molar-refractivity contribution < 1.29 is 19.1 Å². The Bertz CT molecular complexity index is 746. The number of ether oxygens (including phenoxy) is 2. The molecule has 6 heteroatoms. The first-order chi connectivity index (χ1) is 12.7. The Morgan fingerprint density at radius 2 is 1.92 bits per heavy atom. The molecule has 1 N–H and O–H groups in total.